The van der Waals surface area contributed by atoms with Gasteiger partial charge in [0.1, 0.15) is 11.0 Å². The molecule has 0 amide bonds. The van der Waals surface area contributed by atoms with Crippen molar-refractivity contribution in [1.29, 1.82) is 0 Å². The van der Waals surface area contributed by atoms with Crippen LogP contribution >= 0.6 is 23.8 Å². The van der Waals surface area contributed by atoms with E-state index in [1.165, 1.54) is 12.1 Å². The summed E-state index contributed by atoms with van der Waals surface area (Å²) in [5.74, 6) is -0.272. The molecule has 2 aromatic rings. The highest BCUT2D eigenvalue weighted by atomic mass is 35.5. The van der Waals surface area contributed by atoms with Crippen LogP contribution in [0.1, 0.15) is 30.7 Å². The number of thiocarbonyl (C=S) groups is 1. The molecule has 0 spiro atoms. The lowest BCUT2D eigenvalue weighted by atomic mass is 10.2. The summed E-state index contributed by atoms with van der Waals surface area (Å²) in [6, 6.07) is 6.45. The third kappa shape index (κ3) is 5.01. The van der Waals surface area contributed by atoms with E-state index in [2.05, 4.69) is 20.9 Å². The van der Waals surface area contributed by atoms with Crippen LogP contribution in [0.4, 0.5) is 4.39 Å². The molecule has 1 heterocycles. The van der Waals surface area contributed by atoms with Gasteiger partial charge < -0.3 is 5.32 Å². The molecular weight excluding hydrogens is 349 g/mol. The van der Waals surface area contributed by atoms with Crippen molar-refractivity contribution < 1.29 is 4.39 Å². The van der Waals surface area contributed by atoms with Crippen molar-refractivity contribution in [3.63, 3.8) is 0 Å². The van der Waals surface area contributed by atoms with Gasteiger partial charge in [-0.3, -0.25) is 5.43 Å². The monoisotopic (exact) mass is 367 g/mol. The number of aryl methyl sites for hydroxylation is 1. The minimum atomic E-state index is -0.272. The summed E-state index contributed by atoms with van der Waals surface area (Å²) in [6.07, 6.45) is 1.58. The molecule has 24 heavy (non-hydrogen) atoms. The van der Waals surface area contributed by atoms with E-state index in [1.54, 1.807) is 23.0 Å². The second kappa shape index (κ2) is 8.21. The minimum absolute atomic E-state index is 0.226. The van der Waals surface area contributed by atoms with Crippen LogP contribution in [-0.2, 0) is 6.54 Å². The maximum Gasteiger partial charge on any atom is 0.187 e. The Morgan fingerprint density at radius 1 is 1.42 bits per heavy atom. The van der Waals surface area contributed by atoms with Crippen LogP contribution < -0.4 is 10.7 Å². The molecule has 0 saturated heterocycles. The Labute approximate surface area is 150 Å². The third-order valence-corrected chi connectivity index (χ3v) is 3.74. The van der Waals surface area contributed by atoms with E-state index in [1.807, 2.05) is 20.8 Å². The Morgan fingerprint density at radius 2 is 2.08 bits per heavy atom. The summed E-state index contributed by atoms with van der Waals surface area (Å²) in [7, 11) is 0. The minimum Gasteiger partial charge on any atom is -0.359 e. The molecule has 5 nitrogen and oxygen atoms in total. The Bertz CT molecular complexity index is 740. The third-order valence-electron chi connectivity index (χ3n) is 3.13. The summed E-state index contributed by atoms with van der Waals surface area (Å²) in [4.78, 5) is 0. The Kier molecular flexibility index (Phi) is 6.28. The van der Waals surface area contributed by atoms with E-state index < -0.39 is 0 Å². The van der Waals surface area contributed by atoms with Gasteiger partial charge in [0, 0.05) is 6.04 Å². The molecule has 8 heteroatoms. The number of benzene rings is 1. The molecular formula is C16H19ClFN5S. The number of nitrogens with one attached hydrogen (secondary N) is 2. The first-order valence-corrected chi connectivity index (χ1v) is 8.22. The maximum atomic E-state index is 13.0. The van der Waals surface area contributed by atoms with Gasteiger partial charge in [-0.25, -0.2) is 9.07 Å². The SMILES string of the molecule is Cc1nn(Cc2ccc(F)cc2)c(Cl)c1C=NNC(=S)NC(C)C. The summed E-state index contributed by atoms with van der Waals surface area (Å²) in [6.45, 7) is 6.27. The number of halogens is 2. The molecule has 128 valence electrons. The predicted molar refractivity (Wildman–Crippen MR) is 99.1 cm³/mol. The van der Waals surface area contributed by atoms with E-state index in [-0.39, 0.29) is 11.9 Å². The molecule has 0 aliphatic rings. The van der Waals surface area contributed by atoms with Gasteiger partial charge in [-0.1, -0.05) is 23.7 Å². The normalized spacial score (nSPS) is 11.2. The van der Waals surface area contributed by atoms with E-state index in [9.17, 15) is 4.39 Å². The summed E-state index contributed by atoms with van der Waals surface area (Å²) < 4.78 is 14.6. The largest absolute Gasteiger partial charge is 0.359 e. The Balaban J connectivity index is 2.08. The standard InChI is InChI=1S/C16H19ClFN5S/c1-10(2)20-16(24)21-19-8-14-11(3)22-23(15(14)17)9-12-4-6-13(18)7-5-12/h4-8,10H,9H2,1-3H3,(H2,20,21,24). The lowest BCUT2D eigenvalue weighted by molar-refractivity contribution is 0.624. The van der Waals surface area contributed by atoms with Gasteiger partial charge in [0.25, 0.3) is 0 Å². The Hall–Kier alpha value is -1.99. The lowest BCUT2D eigenvalue weighted by Gasteiger charge is -2.09. The molecule has 0 aliphatic heterocycles. The van der Waals surface area contributed by atoms with Crippen LogP contribution in [0.15, 0.2) is 29.4 Å². The fourth-order valence-electron chi connectivity index (χ4n) is 2.03. The van der Waals surface area contributed by atoms with Crippen molar-refractivity contribution in [2.45, 2.75) is 33.4 Å². The molecule has 0 aliphatic carbocycles. The van der Waals surface area contributed by atoms with Crippen molar-refractivity contribution in [2.24, 2.45) is 5.10 Å². The number of hydrogen-bond acceptors (Lipinski definition) is 3. The van der Waals surface area contributed by atoms with E-state index in [0.717, 1.165) is 11.3 Å². The van der Waals surface area contributed by atoms with Crippen LogP contribution in [-0.4, -0.2) is 27.1 Å². The van der Waals surface area contributed by atoms with Crippen LogP contribution in [0.2, 0.25) is 5.15 Å². The number of aromatic nitrogens is 2. The van der Waals surface area contributed by atoms with Crippen molar-refractivity contribution >= 4 is 35.1 Å². The van der Waals surface area contributed by atoms with Crippen LogP contribution in [0.3, 0.4) is 0 Å². The zero-order valence-corrected chi connectivity index (χ0v) is 15.2. The van der Waals surface area contributed by atoms with Crippen molar-refractivity contribution in [1.82, 2.24) is 20.5 Å². The van der Waals surface area contributed by atoms with E-state index in [0.29, 0.717) is 22.4 Å². The number of hydrogen-bond donors (Lipinski definition) is 2. The van der Waals surface area contributed by atoms with Gasteiger partial charge in [0.05, 0.1) is 24.0 Å². The molecule has 0 unspecified atom stereocenters. The maximum absolute atomic E-state index is 13.0. The van der Waals surface area contributed by atoms with Gasteiger partial charge in [0.15, 0.2) is 5.11 Å². The van der Waals surface area contributed by atoms with Gasteiger partial charge in [0.2, 0.25) is 0 Å². The van der Waals surface area contributed by atoms with E-state index in [4.69, 9.17) is 23.8 Å². The van der Waals surface area contributed by atoms with Gasteiger partial charge in [-0.15, -0.1) is 0 Å². The van der Waals surface area contributed by atoms with Crippen molar-refractivity contribution in [2.75, 3.05) is 0 Å². The second-order valence-corrected chi connectivity index (χ2v) is 6.34. The first-order chi connectivity index (χ1) is 11.4. The average Bonchev–Trinajstić information content (AvgIpc) is 2.76. The van der Waals surface area contributed by atoms with Gasteiger partial charge >= 0.3 is 0 Å². The molecule has 0 fully saturated rings. The second-order valence-electron chi connectivity index (χ2n) is 5.57. The van der Waals surface area contributed by atoms with Gasteiger partial charge in [-0.2, -0.15) is 10.2 Å². The number of nitrogens with zero attached hydrogens (tertiary/aromatic N) is 3. The molecule has 0 bridgehead atoms. The zero-order chi connectivity index (χ0) is 17.7. The fourth-order valence-corrected chi connectivity index (χ4v) is 2.60. The predicted octanol–water partition coefficient (Wildman–Crippen LogP) is 3.24. The van der Waals surface area contributed by atoms with E-state index >= 15 is 0 Å². The summed E-state index contributed by atoms with van der Waals surface area (Å²) >= 11 is 11.5. The van der Waals surface area contributed by atoms with Crippen molar-refractivity contribution in [3.8, 4) is 0 Å². The summed E-state index contributed by atoms with van der Waals surface area (Å²) in [5, 5.41) is 12.4. The first-order valence-electron chi connectivity index (χ1n) is 7.43. The fraction of sp³-hybridized carbons (Fsp3) is 0.312. The lowest BCUT2D eigenvalue weighted by Crippen LogP contribution is -2.36. The van der Waals surface area contributed by atoms with Crippen LogP contribution in [0, 0.1) is 12.7 Å². The molecule has 1 aromatic carbocycles. The molecule has 2 N–H and O–H groups in total. The van der Waals surface area contributed by atoms with Crippen LogP contribution in [0.5, 0.6) is 0 Å². The average molecular weight is 368 g/mol. The van der Waals surface area contributed by atoms with Crippen LogP contribution in [0.25, 0.3) is 0 Å². The topological polar surface area (TPSA) is 54.2 Å². The molecule has 2 rings (SSSR count). The number of rotatable bonds is 5. The Morgan fingerprint density at radius 3 is 2.71 bits per heavy atom. The highest BCUT2D eigenvalue weighted by molar-refractivity contribution is 7.80. The van der Waals surface area contributed by atoms with Gasteiger partial charge in [-0.05, 0) is 50.7 Å². The molecule has 1 aromatic heterocycles. The number of hydrazone groups is 1. The summed E-state index contributed by atoms with van der Waals surface area (Å²) in [5.41, 5.74) is 5.09. The highest BCUT2D eigenvalue weighted by Gasteiger charge is 2.12. The first kappa shape index (κ1) is 18.4. The molecule has 0 radical (unpaired) electrons. The highest BCUT2D eigenvalue weighted by Crippen LogP contribution is 2.19. The van der Waals surface area contributed by atoms with Crippen molar-refractivity contribution in [3.05, 3.63) is 52.1 Å². The molecule has 0 saturated carbocycles. The smallest absolute Gasteiger partial charge is 0.187 e. The molecule has 0 atom stereocenters. The quantitative estimate of drug-likeness (QED) is 0.484. The zero-order valence-electron chi connectivity index (χ0n) is 13.7.